The van der Waals surface area contributed by atoms with Gasteiger partial charge in [0, 0.05) is 17.3 Å². The van der Waals surface area contributed by atoms with E-state index in [1.54, 1.807) is 30.7 Å². The number of rotatable bonds is 4. The number of benzene rings is 1. The van der Waals surface area contributed by atoms with Gasteiger partial charge < -0.3 is 0 Å². The van der Waals surface area contributed by atoms with Gasteiger partial charge in [-0.15, -0.1) is 11.3 Å². The van der Waals surface area contributed by atoms with E-state index < -0.39 is 0 Å². The molecule has 25 heavy (non-hydrogen) atoms. The van der Waals surface area contributed by atoms with Crippen LogP contribution < -0.4 is 5.43 Å². The number of nitrogens with one attached hydrogen (secondary N) is 1. The van der Waals surface area contributed by atoms with Crippen LogP contribution in [0.4, 0.5) is 10.2 Å². The Morgan fingerprint density at radius 1 is 1.04 bits per heavy atom. The van der Waals surface area contributed by atoms with Gasteiger partial charge in [-0.05, 0) is 41.5 Å². The molecule has 0 saturated heterocycles. The van der Waals surface area contributed by atoms with Gasteiger partial charge in [0.1, 0.15) is 12.1 Å². The van der Waals surface area contributed by atoms with E-state index in [1.807, 2.05) is 18.2 Å². The lowest BCUT2D eigenvalue weighted by atomic mass is 10.2. The molecule has 3 aromatic heterocycles. The Kier molecular flexibility index (Phi) is 4.14. The number of hydrogen-bond donors (Lipinski definition) is 1. The highest BCUT2D eigenvalue weighted by Gasteiger charge is 2.10. The molecule has 0 fully saturated rings. The van der Waals surface area contributed by atoms with Crippen LogP contribution in [0.3, 0.4) is 0 Å². The minimum absolute atomic E-state index is 0.252. The van der Waals surface area contributed by atoms with Crippen molar-refractivity contribution in [1.82, 2.24) is 15.0 Å². The summed E-state index contributed by atoms with van der Waals surface area (Å²) in [5, 5.41) is 4.22. The van der Waals surface area contributed by atoms with Gasteiger partial charge in [0.2, 0.25) is 0 Å². The van der Waals surface area contributed by atoms with Crippen molar-refractivity contribution in [3.05, 3.63) is 72.6 Å². The molecule has 0 amide bonds. The largest absolute Gasteiger partial charge is 0.265 e. The third-order valence-electron chi connectivity index (χ3n) is 3.53. The van der Waals surface area contributed by atoms with Gasteiger partial charge in [-0.1, -0.05) is 12.1 Å². The molecule has 0 radical (unpaired) electrons. The van der Waals surface area contributed by atoms with E-state index in [2.05, 4.69) is 25.5 Å². The molecule has 5 nitrogen and oxygen atoms in total. The first kappa shape index (κ1) is 15.3. The highest BCUT2D eigenvalue weighted by Crippen LogP contribution is 2.35. The number of fused-ring (bicyclic) bond motifs is 1. The zero-order valence-corrected chi connectivity index (χ0v) is 13.7. The summed E-state index contributed by atoms with van der Waals surface area (Å²) in [6.07, 6.45) is 6.61. The summed E-state index contributed by atoms with van der Waals surface area (Å²) in [4.78, 5) is 13.5. The molecule has 0 atom stereocenters. The number of halogens is 1. The van der Waals surface area contributed by atoms with Crippen molar-refractivity contribution in [2.24, 2.45) is 5.10 Å². The maximum absolute atomic E-state index is 13.1. The summed E-state index contributed by atoms with van der Waals surface area (Å²) in [5.74, 6) is 0.381. The van der Waals surface area contributed by atoms with Crippen LogP contribution in [0.2, 0.25) is 0 Å². The highest BCUT2D eigenvalue weighted by molar-refractivity contribution is 7.22. The van der Waals surface area contributed by atoms with Crippen molar-refractivity contribution in [2.75, 3.05) is 5.43 Å². The third kappa shape index (κ3) is 3.36. The molecule has 1 N–H and O–H groups in total. The van der Waals surface area contributed by atoms with Gasteiger partial charge >= 0.3 is 0 Å². The number of thiophene rings is 1. The normalized spacial score (nSPS) is 11.2. The van der Waals surface area contributed by atoms with E-state index in [0.717, 1.165) is 26.2 Å². The molecule has 1 aromatic carbocycles. The van der Waals surface area contributed by atoms with Gasteiger partial charge in [0.05, 0.1) is 16.4 Å². The molecule has 0 unspecified atom stereocenters. The van der Waals surface area contributed by atoms with E-state index in [4.69, 9.17) is 0 Å². The minimum atomic E-state index is -0.252. The highest BCUT2D eigenvalue weighted by atomic mass is 32.1. The second kappa shape index (κ2) is 6.74. The van der Waals surface area contributed by atoms with Crippen LogP contribution in [0.15, 0.2) is 66.3 Å². The maximum atomic E-state index is 13.1. The van der Waals surface area contributed by atoms with E-state index in [-0.39, 0.29) is 5.82 Å². The molecule has 0 bridgehead atoms. The smallest absolute Gasteiger partial charge is 0.167 e. The number of nitrogens with zero attached hydrogens (tertiary/aromatic N) is 4. The van der Waals surface area contributed by atoms with Crippen LogP contribution in [-0.4, -0.2) is 21.2 Å². The fourth-order valence-electron chi connectivity index (χ4n) is 2.31. The predicted molar refractivity (Wildman–Crippen MR) is 98.3 cm³/mol. The Morgan fingerprint density at radius 3 is 2.64 bits per heavy atom. The lowest BCUT2D eigenvalue weighted by Gasteiger charge is -1.99. The zero-order chi connectivity index (χ0) is 17.1. The first-order valence-electron chi connectivity index (χ1n) is 7.49. The summed E-state index contributed by atoms with van der Waals surface area (Å²) < 4.78 is 14.0. The number of aromatic nitrogens is 3. The molecular weight excluding hydrogens is 337 g/mol. The molecule has 0 aliphatic heterocycles. The molecular formula is C18H12FN5S. The average molecular weight is 349 g/mol. The summed E-state index contributed by atoms with van der Waals surface area (Å²) in [7, 11) is 0. The van der Waals surface area contributed by atoms with Crippen LogP contribution in [0.25, 0.3) is 20.7 Å². The van der Waals surface area contributed by atoms with Gasteiger partial charge in [-0.25, -0.2) is 14.4 Å². The topological polar surface area (TPSA) is 63.1 Å². The molecule has 0 aliphatic rings. The van der Waals surface area contributed by atoms with E-state index in [9.17, 15) is 4.39 Å². The monoisotopic (exact) mass is 349 g/mol. The van der Waals surface area contributed by atoms with Gasteiger partial charge in [0.25, 0.3) is 0 Å². The van der Waals surface area contributed by atoms with Crippen molar-refractivity contribution in [3.63, 3.8) is 0 Å². The van der Waals surface area contributed by atoms with Crippen LogP contribution in [0.5, 0.6) is 0 Å². The number of hydrogen-bond acceptors (Lipinski definition) is 6. The Bertz CT molecular complexity index is 1030. The summed E-state index contributed by atoms with van der Waals surface area (Å²) in [5.41, 5.74) is 5.66. The quantitative estimate of drug-likeness (QED) is 0.440. The summed E-state index contributed by atoms with van der Waals surface area (Å²) in [6, 6.07) is 12.1. The Morgan fingerprint density at radius 2 is 1.84 bits per heavy atom. The molecule has 3 heterocycles. The molecule has 7 heteroatoms. The minimum Gasteiger partial charge on any atom is -0.265 e. The molecule has 0 aliphatic carbocycles. The van der Waals surface area contributed by atoms with Gasteiger partial charge in [0.15, 0.2) is 5.82 Å². The maximum Gasteiger partial charge on any atom is 0.167 e. The van der Waals surface area contributed by atoms with Crippen LogP contribution in [-0.2, 0) is 0 Å². The Labute approximate surface area is 146 Å². The molecule has 0 saturated carbocycles. The predicted octanol–water partition coefficient (Wildman–Crippen LogP) is 4.34. The first-order chi connectivity index (χ1) is 12.3. The first-order valence-corrected chi connectivity index (χ1v) is 8.31. The van der Waals surface area contributed by atoms with Crippen molar-refractivity contribution in [2.45, 2.75) is 0 Å². The third-order valence-corrected chi connectivity index (χ3v) is 4.71. The Hall–Kier alpha value is -3.19. The van der Waals surface area contributed by atoms with E-state index in [1.165, 1.54) is 29.8 Å². The fourth-order valence-corrected chi connectivity index (χ4v) is 3.36. The number of anilines is 1. The zero-order valence-electron chi connectivity index (χ0n) is 12.9. The second-order valence-electron chi connectivity index (χ2n) is 5.20. The molecule has 0 spiro atoms. The van der Waals surface area contributed by atoms with Crippen molar-refractivity contribution < 1.29 is 4.39 Å². The standard InChI is InChI=1S/C18H12FN5S/c19-14-3-1-13(2-4-14)16-9-15-17(25-16)18(22-11-21-15)24-23-10-12-5-7-20-8-6-12/h1-11H,(H,21,22,24)/b23-10-. The van der Waals surface area contributed by atoms with Crippen molar-refractivity contribution >= 4 is 33.6 Å². The SMILES string of the molecule is Fc1ccc(-c2cc3ncnc(N/N=C\c4ccncc4)c3s2)cc1. The average Bonchev–Trinajstić information content (AvgIpc) is 3.08. The van der Waals surface area contributed by atoms with E-state index >= 15 is 0 Å². The van der Waals surface area contributed by atoms with Gasteiger partial charge in [-0.2, -0.15) is 5.10 Å². The van der Waals surface area contributed by atoms with Crippen molar-refractivity contribution in [3.8, 4) is 10.4 Å². The Balaban J connectivity index is 1.63. The fraction of sp³-hybridized carbons (Fsp3) is 0. The lowest BCUT2D eigenvalue weighted by Crippen LogP contribution is -1.94. The van der Waals surface area contributed by atoms with Gasteiger partial charge in [-0.3, -0.25) is 10.4 Å². The molecule has 4 rings (SSSR count). The van der Waals surface area contributed by atoms with Crippen LogP contribution in [0, 0.1) is 5.82 Å². The van der Waals surface area contributed by atoms with E-state index in [0.29, 0.717) is 5.82 Å². The molecule has 122 valence electrons. The lowest BCUT2D eigenvalue weighted by molar-refractivity contribution is 0.628. The van der Waals surface area contributed by atoms with Crippen LogP contribution >= 0.6 is 11.3 Å². The summed E-state index contributed by atoms with van der Waals surface area (Å²) in [6.45, 7) is 0. The second-order valence-corrected chi connectivity index (χ2v) is 6.26. The molecule has 4 aromatic rings. The van der Waals surface area contributed by atoms with Crippen molar-refractivity contribution in [1.29, 1.82) is 0 Å². The summed E-state index contributed by atoms with van der Waals surface area (Å²) >= 11 is 1.54. The number of hydrazone groups is 1. The number of pyridine rings is 1. The van der Waals surface area contributed by atoms with Crippen LogP contribution in [0.1, 0.15) is 5.56 Å².